The lowest BCUT2D eigenvalue weighted by atomic mass is 9.92. The first kappa shape index (κ1) is 27.8. The highest BCUT2D eigenvalue weighted by Crippen LogP contribution is 2.31. The predicted octanol–water partition coefficient (Wildman–Crippen LogP) is 5.67. The van der Waals surface area contributed by atoms with E-state index >= 15 is 0 Å². The van der Waals surface area contributed by atoms with Crippen molar-refractivity contribution >= 4 is 38.6 Å². The maximum atomic E-state index is 12.4. The minimum Gasteiger partial charge on any atom is -0.494 e. The zero-order valence-corrected chi connectivity index (χ0v) is 24.6. The molecule has 1 aromatic heterocycles. The van der Waals surface area contributed by atoms with Gasteiger partial charge >= 0.3 is 0 Å². The second kappa shape index (κ2) is 12.6. The molecule has 0 radical (unpaired) electrons. The number of rotatable bonds is 10. The van der Waals surface area contributed by atoms with Crippen molar-refractivity contribution in [2.75, 3.05) is 26.2 Å². The fourth-order valence-electron chi connectivity index (χ4n) is 5.97. The van der Waals surface area contributed by atoms with Crippen molar-refractivity contribution < 1.29 is 14.3 Å². The number of fused-ring (bicyclic) bond motifs is 1. The third kappa shape index (κ3) is 6.90. The normalized spacial score (nSPS) is 19.0. The predicted molar refractivity (Wildman–Crippen MR) is 157 cm³/mol. The molecule has 8 heteroatoms. The molecule has 2 fully saturated rings. The van der Waals surface area contributed by atoms with E-state index in [2.05, 4.69) is 68.5 Å². The molecule has 1 N–H and O–H groups in total. The van der Waals surface area contributed by atoms with Gasteiger partial charge in [0.2, 0.25) is 11.8 Å². The standard InChI is InChI=1S/C31H39BrN4O3/c1-21-19-24(8-11-27(21)32)39-18-4-6-22-13-16-36(17-14-22)15-3-5-23-7-9-25-28(20-23)35(2)34-30(25)26-10-12-29(37)33-31(26)38/h7-9,11,19-20,22,26H,3-6,10,12-18H2,1-2H3,(H,33,37,38). The van der Waals surface area contributed by atoms with Crippen molar-refractivity contribution in [1.29, 1.82) is 0 Å². The zero-order chi connectivity index (χ0) is 27.4. The number of halogens is 1. The van der Waals surface area contributed by atoms with Gasteiger partial charge in [-0.1, -0.05) is 28.1 Å². The topological polar surface area (TPSA) is 76.5 Å². The van der Waals surface area contributed by atoms with Gasteiger partial charge in [-0.25, -0.2) is 0 Å². The monoisotopic (exact) mass is 594 g/mol. The summed E-state index contributed by atoms with van der Waals surface area (Å²) in [5.41, 5.74) is 4.33. The second-order valence-electron chi connectivity index (χ2n) is 11.2. The molecule has 2 amide bonds. The number of aryl methyl sites for hydroxylation is 3. The van der Waals surface area contributed by atoms with E-state index < -0.39 is 0 Å². The first-order valence-corrected chi connectivity index (χ1v) is 15.1. The van der Waals surface area contributed by atoms with Gasteiger partial charge in [-0.15, -0.1) is 0 Å². The van der Waals surface area contributed by atoms with Gasteiger partial charge in [0.05, 0.1) is 23.7 Å². The smallest absolute Gasteiger partial charge is 0.235 e. The number of hydrogen-bond donors (Lipinski definition) is 1. The molecule has 0 spiro atoms. The lowest BCUT2D eigenvalue weighted by molar-refractivity contribution is -0.134. The Labute approximate surface area is 239 Å². The van der Waals surface area contributed by atoms with Gasteiger partial charge in [0.1, 0.15) is 5.75 Å². The second-order valence-corrected chi connectivity index (χ2v) is 12.0. The summed E-state index contributed by atoms with van der Waals surface area (Å²) in [7, 11) is 1.93. The van der Waals surface area contributed by atoms with Crippen LogP contribution in [0.5, 0.6) is 5.75 Å². The molecular weight excluding hydrogens is 556 g/mol. The Morgan fingerprint density at radius 3 is 2.67 bits per heavy atom. The number of carbonyl (C=O) groups is 2. The highest BCUT2D eigenvalue weighted by Gasteiger charge is 2.31. The fraction of sp³-hybridized carbons (Fsp3) is 0.516. The minimum atomic E-state index is -0.358. The van der Waals surface area contributed by atoms with Crippen molar-refractivity contribution in [1.82, 2.24) is 20.0 Å². The van der Waals surface area contributed by atoms with E-state index in [4.69, 9.17) is 4.74 Å². The number of imide groups is 1. The van der Waals surface area contributed by atoms with E-state index in [0.717, 1.165) is 65.2 Å². The van der Waals surface area contributed by atoms with Crippen molar-refractivity contribution in [3.05, 3.63) is 57.7 Å². The van der Waals surface area contributed by atoms with E-state index in [9.17, 15) is 9.59 Å². The quantitative estimate of drug-likeness (QED) is 0.242. The number of aromatic nitrogens is 2. The van der Waals surface area contributed by atoms with Gasteiger partial charge in [-0.3, -0.25) is 19.6 Å². The number of benzene rings is 2. The summed E-state index contributed by atoms with van der Waals surface area (Å²) >= 11 is 3.54. The van der Waals surface area contributed by atoms with Crippen molar-refractivity contribution in [3.8, 4) is 5.75 Å². The van der Waals surface area contributed by atoms with E-state index in [1.54, 1.807) is 0 Å². The number of piperidine rings is 2. The third-order valence-corrected chi connectivity index (χ3v) is 9.21. The Morgan fingerprint density at radius 1 is 1.08 bits per heavy atom. The highest BCUT2D eigenvalue weighted by molar-refractivity contribution is 9.10. The van der Waals surface area contributed by atoms with Crippen LogP contribution in [0.1, 0.15) is 67.7 Å². The Kier molecular flexibility index (Phi) is 9.03. The Balaban J connectivity index is 1.03. The molecule has 3 aromatic rings. The lowest BCUT2D eigenvalue weighted by Crippen LogP contribution is -2.39. The van der Waals surface area contributed by atoms with E-state index in [1.165, 1.54) is 43.5 Å². The van der Waals surface area contributed by atoms with Crippen LogP contribution in [0.15, 0.2) is 40.9 Å². The maximum absolute atomic E-state index is 12.4. The molecule has 2 aliphatic rings. The average Bonchev–Trinajstić information content (AvgIpc) is 3.25. The Morgan fingerprint density at radius 2 is 1.90 bits per heavy atom. The van der Waals surface area contributed by atoms with E-state index in [1.807, 2.05) is 17.8 Å². The number of amides is 2. The average molecular weight is 596 g/mol. The highest BCUT2D eigenvalue weighted by atomic mass is 79.9. The first-order chi connectivity index (χ1) is 18.9. The molecule has 208 valence electrons. The molecule has 2 aliphatic heterocycles. The summed E-state index contributed by atoms with van der Waals surface area (Å²) in [4.78, 5) is 26.5. The minimum absolute atomic E-state index is 0.194. The van der Waals surface area contributed by atoms with Crippen LogP contribution >= 0.6 is 15.9 Å². The molecule has 0 aliphatic carbocycles. The molecule has 1 atom stereocenters. The summed E-state index contributed by atoms with van der Waals surface area (Å²) in [6, 6.07) is 12.7. The summed E-state index contributed by atoms with van der Waals surface area (Å²) in [6.45, 7) is 6.38. The zero-order valence-electron chi connectivity index (χ0n) is 23.0. The van der Waals surface area contributed by atoms with Crippen LogP contribution in [-0.4, -0.2) is 52.7 Å². The fourth-order valence-corrected chi connectivity index (χ4v) is 6.22. The molecule has 39 heavy (non-hydrogen) atoms. The number of nitrogens with one attached hydrogen (secondary N) is 1. The Hall–Kier alpha value is -2.71. The van der Waals surface area contributed by atoms with Crippen LogP contribution in [0.25, 0.3) is 10.9 Å². The van der Waals surface area contributed by atoms with Crippen LogP contribution in [0, 0.1) is 12.8 Å². The van der Waals surface area contributed by atoms with Gasteiger partial charge in [0, 0.05) is 23.3 Å². The maximum Gasteiger partial charge on any atom is 0.235 e. The summed E-state index contributed by atoms with van der Waals surface area (Å²) < 4.78 is 8.95. The lowest BCUT2D eigenvalue weighted by Gasteiger charge is -2.32. The molecule has 5 rings (SSSR count). The molecule has 7 nitrogen and oxygen atoms in total. The van der Waals surface area contributed by atoms with Gasteiger partial charge in [-0.05, 0) is 113 Å². The van der Waals surface area contributed by atoms with Crippen molar-refractivity contribution in [2.24, 2.45) is 13.0 Å². The summed E-state index contributed by atoms with van der Waals surface area (Å²) in [6.07, 6.45) is 7.97. The molecule has 0 saturated carbocycles. The Bertz CT molecular complexity index is 1330. The largest absolute Gasteiger partial charge is 0.494 e. The number of ether oxygens (including phenoxy) is 1. The summed E-state index contributed by atoms with van der Waals surface area (Å²) in [5.74, 6) is 0.983. The third-order valence-electron chi connectivity index (χ3n) is 8.32. The molecular formula is C31H39BrN4O3. The van der Waals surface area contributed by atoms with E-state index in [-0.39, 0.29) is 17.7 Å². The number of likely N-dealkylation sites (tertiary alicyclic amines) is 1. The number of hydrogen-bond acceptors (Lipinski definition) is 5. The molecule has 1 unspecified atom stereocenters. The van der Waals surface area contributed by atoms with E-state index in [0.29, 0.717) is 12.8 Å². The van der Waals surface area contributed by atoms with Gasteiger partial charge in [0.15, 0.2) is 0 Å². The molecule has 2 aromatic carbocycles. The van der Waals surface area contributed by atoms with Crippen LogP contribution in [0.3, 0.4) is 0 Å². The molecule has 0 bridgehead atoms. The van der Waals surface area contributed by atoms with Crippen LogP contribution < -0.4 is 10.1 Å². The number of carbonyl (C=O) groups excluding carboxylic acids is 2. The van der Waals surface area contributed by atoms with Crippen LogP contribution in [0.4, 0.5) is 0 Å². The first-order valence-electron chi connectivity index (χ1n) is 14.3. The van der Waals surface area contributed by atoms with Crippen LogP contribution in [-0.2, 0) is 23.1 Å². The SMILES string of the molecule is Cc1cc(OCCCC2CCN(CCCc3ccc4c(C5CCC(=O)NC5=O)nn(C)c4c3)CC2)ccc1Br. The van der Waals surface area contributed by atoms with Crippen molar-refractivity contribution in [3.63, 3.8) is 0 Å². The molecule has 2 saturated heterocycles. The molecule has 3 heterocycles. The summed E-state index contributed by atoms with van der Waals surface area (Å²) in [5, 5.41) is 8.13. The van der Waals surface area contributed by atoms with Crippen molar-refractivity contribution in [2.45, 2.75) is 64.2 Å². The van der Waals surface area contributed by atoms with Crippen LogP contribution in [0.2, 0.25) is 0 Å². The van der Waals surface area contributed by atoms with Gasteiger partial charge in [-0.2, -0.15) is 5.10 Å². The number of nitrogens with zero attached hydrogens (tertiary/aromatic N) is 3. The van der Waals surface area contributed by atoms with Gasteiger partial charge < -0.3 is 9.64 Å². The van der Waals surface area contributed by atoms with Gasteiger partial charge in [0.25, 0.3) is 0 Å².